The summed E-state index contributed by atoms with van der Waals surface area (Å²) in [5.74, 6) is 0.101. The predicted octanol–water partition coefficient (Wildman–Crippen LogP) is 7.39. The molecule has 1 aromatic rings. The van der Waals surface area contributed by atoms with Crippen LogP contribution in [0.5, 0.6) is 0 Å². The minimum Gasteiger partial charge on any atom is -0.394 e. The SMILES string of the molecule is C=C(CCCC(F)(F)F)NC1[B]Cc2c(cccc2C(=C)CCCC(=C)C(C)(C)C)C1. The van der Waals surface area contributed by atoms with E-state index in [-0.39, 0.29) is 17.8 Å². The Morgan fingerprint density at radius 2 is 1.77 bits per heavy atom. The molecule has 1 radical (unpaired) electrons. The van der Waals surface area contributed by atoms with Crippen LogP contribution in [0.4, 0.5) is 13.2 Å². The van der Waals surface area contributed by atoms with Gasteiger partial charge in [0.2, 0.25) is 0 Å². The standard InChI is InChI=1S/C26H36BF3N/c1-18(10-7-11-19(2)25(4,5)6)22-14-8-13-21-16-24(27-17-23(21)22)31-20(3)12-9-15-26(28,29)30/h8,13-14,24,31H,1-3,7,9-12,15-17H2,4-6H3. The first-order valence-corrected chi connectivity index (χ1v) is 11.2. The number of hydrogen-bond acceptors (Lipinski definition) is 1. The highest BCUT2D eigenvalue weighted by atomic mass is 19.4. The molecule has 1 atom stereocenters. The van der Waals surface area contributed by atoms with Crippen molar-refractivity contribution in [2.24, 2.45) is 5.41 Å². The third-order valence-corrected chi connectivity index (χ3v) is 6.05. The van der Waals surface area contributed by atoms with E-state index >= 15 is 0 Å². The normalized spacial score (nSPS) is 16.3. The fraction of sp³-hybridized carbons (Fsp3) is 0.538. The molecule has 1 heterocycles. The molecule has 0 saturated heterocycles. The summed E-state index contributed by atoms with van der Waals surface area (Å²) in [5, 5.41) is 3.31. The minimum absolute atomic E-state index is 0.0737. The van der Waals surface area contributed by atoms with E-state index in [9.17, 15) is 13.2 Å². The van der Waals surface area contributed by atoms with E-state index < -0.39 is 12.6 Å². The van der Waals surface area contributed by atoms with Crippen molar-refractivity contribution in [1.29, 1.82) is 0 Å². The summed E-state index contributed by atoms with van der Waals surface area (Å²) < 4.78 is 37.0. The van der Waals surface area contributed by atoms with Gasteiger partial charge in [-0.25, -0.2) is 0 Å². The summed E-state index contributed by atoms with van der Waals surface area (Å²) in [6, 6.07) is 6.37. The monoisotopic (exact) mass is 430 g/mol. The van der Waals surface area contributed by atoms with Crippen molar-refractivity contribution in [3.8, 4) is 0 Å². The average Bonchev–Trinajstić information content (AvgIpc) is 2.65. The molecule has 169 valence electrons. The van der Waals surface area contributed by atoms with Gasteiger partial charge in [0, 0.05) is 12.1 Å². The zero-order valence-electron chi connectivity index (χ0n) is 19.3. The van der Waals surface area contributed by atoms with Crippen molar-refractivity contribution < 1.29 is 13.2 Å². The van der Waals surface area contributed by atoms with Gasteiger partial charge in [-0.2, -0.15) is 13.2 Å². The maximum atomic E-state index is 12.3. The van der Waals surface area contributed by atoms with Crippen LogP contribution in [0.25, 0.3) is 5.57 Å². The Morgan fingerprint density at radius 1 is 1.06 bits per heavy atom. The van der Waals surface area contributed by atoms with E-state index in [4.69, 9.17) is 0 Å². The molecule has 1 nitrogen and oxygen atoms in total. The molecule has 0 saturated carbocycles. The van der Waals surface area contributed by atoms with Crippen LogP contribution < -0.4 is 5.32 Å². The van der Waals surface area contributed by atoms with E-state index in [1.807, 2.05) is 0 Å². The van der Waals surface area contributed by atoms with E-state index in [0.717, 1.165) is 37.6 Å². The maximum Gasteiger partial charge on any atom is 0.389 e. The third-order valence-electron chi connectivity index (χ3n) is 6.05. The van der Waals surface area contributed by atoms with Crippen LogP contribution in [0.2, 0.25) is 0 Å². The molecule has 0 bridgehead atoms. The number of rotatable bonds is 10. The van der Waals surface area contributed by atoms with Gasteiger partial charge in [-0.15, -0.1) is 0 Å². The molecular weight excluding hydrogens is 394 g/mol. The molecule has 1 aliphatic heterocycles. The highest BCUT2D eigenvalue weighted by Crippen LogP contribution is 2.32. The van der Waals surface area contributed by atoms with E-state index in [0.29, 0.717) is 12.1 Å². The molecule has 0 fully saturated rings. The predicted molar refractivity (Wildman–Crippen MR) is 127 cm³/mol. The molecule has 2 rings (SSSR count). The molecule has 1 unspecified atom stereocenters. The van der Waals surface area contributed by atoms with Crippen molar-refractivity contribution in [2.45, 2.75) is 84.2 Å². The second-order valence-electron chi connectivity index (χ2n) is 9.72. The van der Waals surface area contributed by atoms with Crippen molar-refractivity contribution >= 4 is 12.9 Å². The van der Waals surface area contributed by atoms with Gasteiger partial charge in [0.15, 0.2) is 0 Å². The van der Waals surface area contributed by atoms with Crippen LogP contribution in [0.1, 0.15) is 76.0 Å². The van der Waals surface area contributed by atoms with Crippen LogP contribution >= 0.6 is 0 Å². The second kappa shape index (κ2) is 10.6. The van der Waals surface area contributed by atoms with Crippen molar-refractivity contribution in [2.75, 3.05) is 0 Å². The maximum absolute atomic E-state index is 12.3. The molecule has 0 spiro atoms. The zero-order valence-corrected chi connectivity index (χ0v) is 19.3. The third kappa shape index (κ3) is 8.27. The lowest BCUT2D eigenvalue weighted by atomic mass is 9.57. The largest absolute Gasteiger partial charge is 0.394 e. The van der Waals surface area contributed by atoms with Gasteiger partial charge in [0.25, 0.3) is 0 Å². The fourth-order valence-corrected chi connectivity index (χ4v) is 3.95. The summed E-state index contributed by atoms with van der Waals surface area (Å²) in [6.07, 6.45) is 0.189. The topological polar surface area (TPSA) is 12.0 Å². The van der Waals surface area contributed by atoms with Crippen LogP contribution in [-0.4, -0.2) is 19.4 Å². The molecule has 0 amide bonds. The van der Waals surface area contributed by atoms with Crippen LogP contribution in [0, 0.1) is 5.41 Å². The summed E-state index contributed by atoms with van der Waals surface area (Å²) in [7, 11) is 2.20. The first-order valence-electron chi connectivity index (χ1n) is 11.2. The highest BCUT2D eigenvalue weighted by Gasteiger charge is 2.27. The number of halogens is 3. The summed E-state index contributed by atoms with van der Waals surface area (Å²) in [5.41, 5.74) is 7.08. The van der Waals surface area contributed by atoms with E-state index in [2.05, 4.69) is 71.3 Å². The van der Waals surface area contributed by atoms with Crippen molar-refractivity contribution in [3.05, 3.63) is 65.9 Å². The first-order chi connectivity index (χ1) is 14.4. The van der Waals surface area contributed by atoms with Gasteiger partial charge in [-0.05, 0) is 72.1 Å². The Balaban J connectivity index is 1.89. The summed E-state index contributed by atoms with van der Waals surface area (Å²) in [6.45, 7) is 19.1. The molecule has 1 aromatic carbocycles. The molecule has 1 N–H and O–H groups in total. The average molecular weight is 430 g/mol. The first kappa shape index (κ1) is 25.4. The van der Waals surface area contributed by atoms with Gasteiger partial charge in [0.05, 0.1) is 0 Å². The van der Waals surface area contributed by atoms with Crippen molar-refractivity contribution in [1.82, 2.24) is 5.32 Å². The quantitative estimate of drug-likeness (QED) is 0.301. The Morgan fingerprint density at radius 3 is 2.42 bits per heavy atom. The Kier molecular flexibility index (Phi) is 8.68. The lowest BCUT2D eigenvalue weighted by Crippen LogP contribution is -2.40. The number of hydrogen-bond donors (Lipinski definition) is 1. The lowest BCUT2D eigenvalue weighted by Gasteiger charge is -2.29. The molecule has 31 heavy (non-hydrogen) atoms. The number of nitrogens with one attached hydrogen (secondary N) is 1. The van der Waals surface area contributed by atoms with Gasteiger partial charge < -0.3 is 5.32 Å². The van der Waals surface area contributed by atoms with Gasteiger partial charge in [-0.1, -0.05) is 70.6 Å². The molecule has 0 aliphatic carbocycles. The molecular formula is C26H36BF3N. The number of alkyl halides is 3. The second-order valence-corrected chi connectivity index (χ2v) is 9.72. The number of allylic oxidation sites excluding steroid dienone is 3. The zero-order chi connectivity index (χ0) is 23.2. The van der Waals surface area contributed by atoms with Crippen molar-refractivity contribution in [3.63, 3.8) is 0 Å². The van der Waals surface area contributed by atoms with Gasteiger partial charge in [-0.3, -0.25) is 0 Å². The number of benzene rings is 1. The van der Waals surface area contributed by atoms with E-state index in [1.54, 1.807) is 0 Å². The smallest absolute Gasteiger partial charge is 0.389 e. The van der Waals surface area contributed by atoms with Gasteiger partial charge in [0.1, 0.15) is 7.28 Å². The Hall–Kier alpha value is -1.91. The fourth-order valence-electron chi connectivity index (χ4n) is 3.95. The van der Waals surface area contributed by atoms with Crippen LogP contribution in [0.3, 0.4) is 0 Å². The van der Waals surface area contributed by atoms with Crippen LogP contribution in [0.15, 0.2) is 49.2 Å². The summed E-state index contributed by atoms with van der Waals surface area (Å²) in [4.78, 5) is 0. The minimum atomic E-state index is -4.10. The Labute approximate surface area is 187 Å². The molecule has 1 aliphatic rings. The lowest BCUT2D eigenvalue weighted by molar-refractivity contribution is -0.135. The summed E-state index contributed by atoms with van der Waals surface area (Å²) >= 11 is 0. The number of fused-ring (bicyclic) bond motifs is 1. The molecule has 0 aromatic heterocycles. The highest BCUT2D eigenvalue weighted by molar-refractivity contribution is 6.38. The van der Waals surface area contributed by atoms with Crippen LogP contribution in [-0.2, 0) is 12.7 Å². The van der Waals surface area contributed by atoms with E-state index in [1.165, 1.54) is 22.3 Å². The molecule has 5 heteroatoms. The Bertz CT molecular complexity index is 802. The van der Waals surface area contributed by atoms with Gasteiger partial charge >= 0.3 is 6.18 Å².